The molecule has 0 fully saturated rings. The number of rotatable bonds is 4. The zero-order chi connectivity index (χ0) is 11.4. The summed E-state index contributed by atoms with van der Waals surface area (Å²) in [4.78, 5) is 15.8. The minimum atomic E-state index is -0.376. The molecule has 0 aliphatic carbocycles. The number of esters is 1. The molecule has 0 bridgehead atoms. The smallest absolute Gasteiger partial charge is 0.337 e. The summed E-state index contributed by atoms with van der Waals surface area (Å²) in [6, 6.07) is 9.05. The van der Waals surface area contributed by atoms with Gasteiger partial charge in [-0.05, 0) is 31.5 Å². The molecule has 2 rings (SSSR count). The molecule has 1 aliphatic rings. The Balaban J connectivity index is 2.10. The molecule has 4 nitrogen and oxygen atoms in total. The Morgan fingerprint density at radius 2 is 2.06 bits per heavy atom. The predicted molar refractivity (Wildman–Crippen MR) is 61.1 cm³/mol. The lowest BCUT2D eigenvalue weighted by Gasteiger charge is -1.99. The van der Waals surface area contributed by atoms with Gasteiger partial charge in [-0.1, -0.05) is 18.2 Å². The van der Waals surface area contributed by atoms with E-state index in [0.717, 1.165) is 12.0 Å². The van der Waals surface area contributed by atoms with Crippen molar-refractivity contribution in [3.63, 3.8) is 0 Å². The van der Waals surface area contributed by atoms with Gasteiger partial charge in [-0.25, -0.2) is 9.79 Å². The number of carbonyl (C=O) groups excluding carboxylic acids is 1. The van der Waals surface area contributed by atoms with E-state index in [0.29, 0.717) is 18.9 Å². The summed E-state index contributed by atoms with van der Waals surface area (Å²) in [5.74, 6) is 0.153. The van der Waals surface area contributed by atoms with E-state index in [1.54, 1.807) is 0 Å². The molecular weight excluding hydrogens is 204 g/mol. The van der Waals surface area contributed by atoms with Gasteiger partial charge in [0.2, 0.25) is 5.90 Å². The molecule has 4 heteroatoms. The van der Waals surface area contributed by atoms with Crippen molar-refractivity contribution in [1.29, 1.82) is 0 Å². The van der Waals surface area contributed by atoms with Gasteiger partial charge in [-0.15, -0.1) is 0 Å². The van der Waals surface area contributed by atoms with E-state index >= 15 is 0 Å². The highest BCUT2D eigenvalue weighted by Crippen LogP contribution is 2.16. The number of cyclic esters (lactones) is 1. The van der Waals surface area contributed by atoms with Crippen molar-refractivity contribution in [3.8, 4) is 0 Å². The van der Waals surface area contributed by atoms with Crippen LogP contribution in [-0.2, 0) is 9.53 Å². The van der Waals surface area contributed by atoms with Crippen LogP contribution in [0.25, 0.3) is 0 Å². The van der Waals surface area contributed by atoms with Crippen molar-refractivity contribution >= 4 is 11.9 Å². The highest BCUT2D eigenvalue weighted by atomic mass is 16.6. The zero-order valence-electron chi connectivity index (χ0n) is 8.93. The second-order valence-corrected chi connectivity index (χ2v) is 3.67. The van der Waals surface area contributed by atoms with Crippen LogP contribution in [0.1, 0.15) is 18.4 Å². The average Bonchev–Trinajstić information content (AvgIpc) is 2.69. The Kier molecular flexibility index (Phi) is 3.31. The van der Waals surface area contributed by atoms with Crippen LogP contribution in [0.3, 0.4) is 0 Å². The first-order valence-electron chi connectivity index (χ1n) is 5.36. The Morgan fingerprint density at radius 3 is 2.75 bits per heavy atom. The number of benzene rings is 1. The largest absolute Gasteiger partial charge is 0.406 e. The molecular formula is C12H14N2O2. The van der Waals surface area contributed by atoms with Crippen LogP contribution in [0, 0.1) is 0 Å². The Bertz CT molecular complexity index is 401. The Labute approximate surface area is 94.1 Å². The second-order valence-electron chi connectivity index (χ2n) is 3.67. The van der Waals surface area contributed by atoms with Gasteiger partial charge in [0.1, 0.15) is 0 Å². The van der Waals surface area contributed by atoms with Crippen LogP contribution in [-0.4, -0.2) is 24.5 Å². The third kappa shape index (κ3) is 2.28. The first-order valence-corrected chi connectivity index (χ1v) is 5.36. The molecule has 1 unspecified atom stereocenters. The standard InChI is InChI=1S/C12H14N2O2/c13-8-4-7-10-12(15)16-11(14-10)9-5-2-1-3-6-9/h1-3,5-6,10H,4,7-8,13H2. The fourth-order valence-corrected chi connectivity index (χ4v) is 1.59. The second kappa shape index (κ2) is 4.90. The van der Waals surface area contributed by atoms with E-state index < -0.39 is 0 Å². The number of nitrogens with zero attached hydrogens (tertiary/aromatic N) is 1. The molecule has 1 aromatic rings. The minimum Gasteiger partial charge on any atom is -0.406 e. The van der Waals surface area contributed by atoms with E-state index in [4.69, 9.17) is 10.5 Å². The van der Waals surface area contributed by atoms with E-state index in [2.05, 4.69) is 4.99 Å². The SMILES string of the molecule is NCCCC1N=C(c2ccccc2)OC1=O. The summed E-state index contributed by atoms with van der Waals surface area (Å²) in [7, 11) is 0. The minimum absolute atomic E-state index is 0.271. The molecule has 0 radical (unpaired) electrons. The topological polar surface area (TPSA) is 64.7 Å². The number of carbonyl (C=O) groups is 1. The molecule has 0 saturated carbocycles. The maximum Gasteiger partial charge on any atom is 0.337 e. The third-order valence-corrected chi connectivity index (χ3v) is 2.44. The fraction of sp³-hybridized carbons (Fsp3) is 0.333. The third-order valence-electron chi connectivity index (χ3n) is 2.44. The van der Waals surface area contributed by atoms with Gasteiger partial charge in [-0.2, -0.15) is 0 Å². The van der Waals surface area contributed by atoms with E-state index in [-0.39, 0.29) is 12.0 Å². The lowest BCUT2D eigenvalue weighted by Crippen LogP contribution is -2.16. The van der Waals surface area contributed by atoms with Gasteiger partial charge < -0.3 is 10.5 Å². The molecule has 0 spiro atoms. The van der Waals surface area contributed by atoms with E-state index in [9.17, 15) is 4.79 Å². The molecule has 0 amide bonds. The van der Waals surface area contributed by atoms with Crippen molar-refractivity contribution in [3.05, 3.63) is 35.9 Å². The molecule has 1 atom stereocenters. The summed E-state index contributed by atoms with van der Waals surface area (Å²) in [6.45, 7) is 0.569. The van der Waals surface area contributed by atoms with Gasteiger partial charge in [-0.3, -0.25) is 0 Å². The first-order chi connectivity index (χ1) is 7.81. The maximum absolute atomic E-state index is 11.5. The fourth-order valence-electron chi connectivity index (χ4n) is 1.59. The molecule has 84 valence electrons. The summed E-state index contributed by atoms with van der Waals surface area (Å²) >= 11 is 0. The van der Waals surface area contributed by atoms with E-state index in [1.807, 2.05) is 30.3 Å². The summed E-state index contributed by atoms with van der Waals surface area (Å²) in [5, 5.41) is 0. The van der Waals surface area contributed by atoms with Gasteiger partial charge in [0, 0.05) is 5.56 Å². The summed E-state index contributed by atoms with van der Waals surface area (Å²) in [6.07, 6.45) is 1.44. The van der Waals surface area contributed by atoms with Crippen LogP contribution < -0.4 is 5.73 Å². The highest BCUT2D eigenvalue weighted by molar-refractivity contribution is 6.06. The molecule has 1 aliphatic heterocycles. The predicted octanol–water partition coefficient (Wildman–Crippen LogP) is 1.10. The Hall–Kier alpha value is -1.68. The number of ether oxygens (including phenoxy) is 1. The van der Waals surface area contributed by atoms with Crippen molar-refractivity contribution in [2.45, 2.75) is 18.9 Å². The van der Waals surface area contributed by atoms with Crippen LogP contribution >= 0.6 is 0 Å². The van der Waals surface area contributed by atoms with Gasteiger partial charge >= 0.3 is 5.97 Å². The van der Waals surface area contributed by atoms with Crippen molar-refractivity contribution < 1.29 is 9.53 Å². The number of nitrogens with two attached hydrogens (primary N) is 1. The van der Waals surface area contributed by atoms with Crippen molar-refractivity contribution in [2.75, 3.05) is 6.54 Å². The van der Waals surface area contributed by atoms with E-state index in [1.165, 1.54) is 0 Å². The van der Waals surface area contributed by atoms with Gasteiger partial charge in [0.25, 0.3) is 0 Å². The molecule has 16 heavy (non-hydrogen) atoms. The Morgan fingerprint density at radius 1 is 1.31 bits per heavy atom. The van der Waals surface area contributed by atoms with Gasteiger partial charge in [0.15, 0.2) is 6.04 Å². The average molecular weight is 218 g/mol. The lowest BCUT2D eigenvalue weighted by atomic mass is 10.2. The first kappa shape index (κ1) is 10.8. The van der Waals surface area contributed by atoms with Crippen molar-refractivity contribution in [2.24, 2.45) is 10.7 Å². The normalized spacial score (nSPS) is 19.4. The lowest BCUT2D eigenvalue weighted by molar-refractivity contribution is -0.135. The quantitative estimate of drug-likeness (QED) is 0.769. The molecule has 1 aromatic carbocycles. The summed E-state index contributed by atoms with van der Waals surface area (Å²) < 4.78 is 5.13. The maximum atomic E-state index is 11.5. The van der Waals surface area contributed by atoms with Crippen LogP contribution in [0.15, 0.2) is 35.3 Å². The molecule has 0 saturated heterocycles. The van der Waals surface area contributed by atoms with Crippen LogP contribution in [0.2, 0.25) is 0 Å². The number of hydrogen-bond donors (Lipinski definition) is 1. The number of aliphatic imine (C=N–C) groups is 1. The van der Waals surface area contributed by atoms with Crippen LogP contribution in [0.5, 0.6) is 0 Å². The molecule has 2 N–H and O–H groups in total. The highest BCUT2D eigenvalue weighted by Gasteiger charge is 2.28. The molecule has 1 heterocycles. The number of hydrogen-bond acceptors (Lipinski definition) is 4. The zero-order valence-corrected chi connectivity index (χ0v) is 8.93. The van der Waals surface area contributed by atoms with Crippen molar-refractivity contribution in [1.82, 2.24) is 0 Å². The monoisotopic (exact) mass is 218 g/mol. The molecule has 0 aromatic heterocycles. The van der Waals surface area contributed by atoms with Gasteiger partial charge in [0.05, 0.1) is 0 Å². The van der Waals surface area contributed by atoms with Crippen LogP contribution in [0.4, 0.5) is 0 Å². The summed E-state index contributed by atoms with van der Waals surface area (Å²) in [5.41, 5.74) is 6.24.